The van der Waals surface area contributed by atoms with Gasteiger partial charge in [0.25, 0.3) is 5.91 Å². The summed E-state index contributed by atoms with van der Waals surface area (Å²) in [6.07, 6.45) is 1.80. The van der Waals surface area contributed by atoms with E-state index in [0.717, 1.165) is 18.4 Å². The number of likely N-dealkylation sites (tertiary alicyclic amines) is 2. The van der Waals surface area contributed by atoms with Gasteiger partial charge < -0.3 is 15.1 Å². The fourth-order valence-corrected chi connectivity index (χ4v) is 3.83. The standard InChI is InChI=1S/C21H29N3O3/c1-14(2)24-13-17(12-19(24)25)20(26)22-18-8-10-23(11-9-18)21(27)16-6-4-15(3)5-7-16/h4-7,14,17-18H,8-13H2,1-3H3,(H,22,26). The minimum atomic E-state index is -0.257. The molecule has 0 radical (unpaired) electrons. The Balaban J connectivity index is 1.48. The summed E-state index contributed by atoms with van der Waals surface area (Å²) in [5.41, 5.74) is 1.84. The lowest BCUT2D eigenvalue weighted by molar-refractivity contribution is -0.130. The molecule has 0 aliphatic carbocycles. The number of benzene rings is 1. The van der Waals surface area contributed by atoms with Gasteiger partial charge >= 0.3 is 0 Å². The molecule has 2 saturated heterocycles. The van der Waals surface area contributed by atoms with E-state index in [1.54, 1.807) is 4.90 Å². The number of amides is 3. The monoisotopic (exact) mass is 371 g/mol. The molecule has 146 valence electrons. The van der Waals surface area contributed by atoms with Gasteiger partial charge in [-0.1, -0.05) is 17.7 Å². The second kappa shape index (κ2) is 8.11. The van der Waals surface area contributed by atoms with Crippen molar-refractivity contribution in [2.45, 2.75) is 52.1 Å². The maximum absolute atomic E-state index is 12.6. The van der Waals surface area contributed by atoms with Crippen molar-refractivity contribution in [1.29, 1.82) is 0 Å². The number of carbonyl (C=O) groups is 3. The molecule has 0 spiro atoms. The molecular formula is C21H29N3O3. The van der Waals surface area contributed by atoms with E-state index in [-0.39, 0.29) is 35.7 Å². The van der Waals surface area contributed by atoms with Gasteiger partial charge in [0, 0.05) is 43.7 Å². The molecule has 1 atom stereocenters. The zero-order chi connectivity index (χ0) is 19.6. The highest BCUT2D eigenvalue weighted by Crippen LogP contribution is 2.21. The van der Waals surface area contributed by atoms with Crippen LogP contribution in [0.25, 0.3) is 0 Å². The summed E-state index contributed by atoms with van der Waals surface area (Å²) < 4.78 is 0. The van der Waals surface area contributed by atoms with Crippen molar-refractivity contribution >= 4 is 17.7 Å². The van der Waals surface area contributed by atoms with Crippen molar-refractivity contribution in [3.05, 3.63) is 35.4 Å². The van der Waals surface area contributed by atoms with Crippen LogP contribution in [0.1, 0.15) is 49.0 Å². The summed E-state index contributed by atoms with van der Waals surface area (Å²) in [6.45, 7) is 7.73. The van der Waals surface area contributed by atoms with E-state index < -0.39 is 0 Å². The SMILES string of the molecule is Cc1ccc(C(=O)N2CCC(NC(=O)C3CC(=O)N(C(C)C)C3)CC2)cc1. The lowest BCUT2D eigenvalue weighted by atomic mass is 10.0. The van der Waals surface area contributed by atoms with Crippen LogP contribution in [0.3, 0.4) is 0 Å². The van der Waals surface area contributed by atoms with E-state index in [2.05, 4.69) is 5.32 Å². The van der Waals surface area contributed by atoms with E-state index in [1.807, 2.05) is 49.9 Å². The van der Waals surface area contributed by atoms with E-state index in [9.17, 15) is 14.4 Å². The van der Waals surface area contributed by atoms with Gasteiger partial charge in [-0.2, -0.15) is 0 Å². The lowest BCUT2D eigenvalue weighted by Crippen LogP contribution is -2.48. The van der Waals surface area contributed by atoms with Crippen molar-refractivity contribution in [3.8, 4) is 0 Å². The van der Waals surface area contributed by atoms with Crippen molar-refractivity contribution < 1.29 is 14.4 Å². The number of nitrogens with one attached hydrogen (secondary N) is 1. The normalized spacial score (nSPS) is 21.0. The topological polar surface area (TPSA) is 69.7 Å². The highest BCUT2D eigenvalue weighted by atomic mass is 16.2. The van der Waals surface area contributed by atoms with Crippen molar-refractivity contribution in [2.24, 2.45) is 5.92 Å². The number of piperidine rings is 1. The maximum Gasteiger partial charge on any atom is 0.253 e. The molecule has 2 aliphatic rings. The summed E-state index contributed by atoms with van der Waals surface area (Å²) in [6, 6.07) is 7.83. The van der Waals surface area contributed by atoms with Gasteiger partial charge in [-0.15, -0.1) is 0 Å². The third kappa shape index (κ3) is 4.49. The fourth-order valence-electron chi connectivity index (χ4n) is 3.83. The van der Waals surface area contributed by atoms with Crippen LogP contribution in [-0.2, 0) is 9.59 Å². The quantitative estimate of drug-likeness (QED) is 0.880. The molecule has 3 amide bonds. The first kappa shape index (κ1) is 19.4. The Kier molecular flexibility index (Phi) is 5.82. The van der Waals surface area contributed by atoms with Crippen LogP contribution in [0.2, 0.25) is 0 Å². The fraction of sp³-hybridized carbons (Fsp3) is 0.571. The summed E-state index contributed by atoms with van der Waals surface area (Å²) in [4.78, 5) is 40.7. The Bertz CT molecular complexity index is 706. The number of hydrogen-bond donors (Lipinski definition) is 1. The van der Waals surface area contributed by atoms with Crippen LogP contribution in [0.5, 0.6) is 0 Å². The molecule has 0 saturated carbocycles. The minimum absolute atomic E-state index is 0.0326. The molecule has 1 aromatic carbocycles. The molecule has 6 heteroatoms. The van der Waals surface area contributed by atoms with Gasteiger partial charge in [-0.3, -0.25) is 14.4 Å². The number of nitrogens with zero attached hydrogens (tertiary/aromatic N) is 2. The molecule has 0 aromatic heterocycles. The number of aryl methyl sites for hydroxylation is 1. The van der Waals surface area contributed by atoms with Crippen molar-refractivity contribution in [2.75, 3.05) is 19.6 Å². The predicted octanol–water partition coefficient (Wildman–Crippen LogP) is 1.97. The number of carbonyl (C=O) groups excluding carboxylic acids is 3. The summed E-state index contributed by atoms with van der Waals surface area (Å²) in [5, 5.41) is 3.09. The average molecular weight is 371 g/mol. The smallest absolute Gasteiger partial charge is 0.253 e. The second-order valence-electron chi connectivity index (χ2n) is 7.98. The Morgan fingerprint density at radius 2 is 1.74 bits per heavy atom. The largest absolute Gasteiger partial charge is 0.353 e. The summed E-state index contributed by atoms with van der Waals surface area (Å²) in [7, 11) is 0. The Hall–Kier alpha value is -2.37. The van der Waals surface area contributed by atoms with Crippen LogP contribution in [-0.4, -0.2) is 59.2 Å². The molecule has 1 aromatic rings. The molecule has 2 fully saturated rings. The molecule has 2 aliphatic heterocycles. The van der Waals surface area contributed by atoms with Crippen molar-refractivity contribution in [1.82, 2.24) is 15.1 Å². The second-order valence-corrected chi connectivity index (χ2v) is 7.98. The predicted molar refractivity (Wildman–Crippen MR) is 103 cm³/mol. The lowest BCUT2D eigenvalue weighted by Gasteiger charge is -2.33. The molecule has 6 nitrogen and oxygen atoms in total. The Morgan fingerprint density at radius 3 is 2.30 bits per heavy atom. The Morgan fingerprint density at radius 1 is 1.11 bits per heavy atom. The zero-order valence-electron chi connectivity index (χ0n) is 16.4. The van der Waals surface area contributed by atoms with Gasteiger partial charge in [0.05, 0.1) is 5.92 Å². The van der Waals surface area contributed by atoms with Crippen LogP contribution in [0.15, 0.2) is 24.3 Å². The highest BCUT2D eigenvalue weighted by Gasteiger charge is 2.36. The first-order chi connectivity index (χ1) is 12.8. The van der Waals surface area contributed by atoms with E-state index in [1.165, 1.54) is 0 Å². The molecule has 0 bridgehead atoms. The van der Waals surface area contributed by atoms with E-state index in [4.69, 9.17) is 0 Å². The first-order valence-electron chi connectivity index (χ1n) is 9.81. The average Bonchev–Trinajstić information content (AvgIpc) is 3.05. The van der Waals surface area contributed by atoms with E-state index in [0.29, 0.717) is 31.6 Å². The minimum Gasteiger partial charge on any atom is -0.353 e. The van der Waals surface area contributed by atoms with E-state index >= 15 is 0 Å². The van der Waals surface area contributed by atoms with Crippen molar-refractivity contribution in [3.63, 3.8) is 0 Å². The molecule has 3 rings (SSSR count). The van der Waals surface area contributed by atoms with Gasteiger partial charge in [0.1, 0.15) is 0 Å². The number of rotatable bonds is 4. The van der Waals surface area contributed by atoms with Crippen LogP contribution in [0.4, 0.5) is 0 Å². The first-order valence-corrected chi connectivity index (χ1v) is 9.81. The van der Waals surface area contributed by atoms with Gasteiger partial charge in [-0.05, 0) is 45.7 Å². The van der Waals surface area contributed by atoms with Crippen LogP contribution >= 0.6 is 0 Å². The third-order valence-electron chi connectivity index (χ3n) is 5.58. The highest BCUT2D eigenvalue weighted by molar-refractivity contribution is 5.94. The van der Waals surface area contributed by atoms with Gasteiger partial charge in [0.15, 0.2) is 0 Å². The van der Waals surface area contributed by atoms with Gasteiger partial charge in [0.2, 0.25) is 11.8 Å². The van der Waals surface area contributed by atoms with Crippen LogP contribution < -0.4 is 5.32 Å². The summed E-state index contributed by atoms with van der Waals surface area (Å²) in [5.74, 6) is -0.181. The molecular weight excluding hydrogens is 342 g/mol. The molecule has 1 unspecified atom stereocenters. The molecule has 2 heterocycles. The zero-order valence-corrected chi connectivity index (χ0v) is 16.4. The maximum atomic E-state index is 12.6. The Labute approximate surface area is 160 Å². The number of hydrogen-bond acceptors (Lipinski definition) is 3. The summed E-state index contributed by atoms with van der Waals surface area (Å²) >= 11 is 0. The molecule has 27 heavy (non-hydrogen) atoms. The molecule has 1 N–H and O–H groups in total. The van der Waals surface area contributed by atoms with Gasteiger partial charge in [-0.25, -0.2) is 0 Å². The van der Waals surface area contributed by atoms with Crippen LogP contribution in [0, 0.1) is 12.8 Å². The third-order valence-corrected chi connectivity index (χ3v) is 5.58.